The van der Waals surface area contributed by atoms with Gasteiger partial charge >= 0.3 is 0 Å². The molecule has 0 radical (unpaired) electrons. The molecule has 0 amide bonds. The molecule has 3 heterocycles. The van der Waals surface area contributed by atoms with Crippen molar-refractivity contribution in [3.63, 3.8) is 0 Å². The highest BCUT2D eigenvalue weighted by atomic mass is 16.3. The average Bonchev–Trinajstić information content (AvgIpc) is 3.68. The van der Waals surface area contributed by atoms with E-state index in [-0.39, 0.29) is 0 Å². The standard InChI is InChI=1S/C41H23N3O2/c1-2-9-25(10-3-1)39-42-40(44-41(43-39)30-13-8-16-36-38(30)29-12-5-7-15-35(29)45-36)27-20-18-24-17-19-26-22-37-33(23-32(26)31(24)21-27)28-11-4-6-14-34(28)46-37/h1-23H. The van der Waals surface area contributed by atoms with Gasteiger partial charge in [-0.2, -0.15) is 0 Å². The average molecular weight is 590 g/mol. The third kappa shape index (κ3) is 3.79. The molecule has 0 aliphatic carbocycles. The van der Waals surface area contributed by atoms with Gasteiger partial charge in [-0.15, -0.1) is 0 Å². The minimum Gasteiger partial charge on any atom is -0.456 e. The molecular weight excluding hydrogens is 566 g/mol. The number of benzene rings is 7. The Morgan fingerprint density at radius 1 is 0.348 bits per heavy atom. The van der Waals surface area contributed by atoms with Gasteiger partial charge in [0.1, 0.15) is 22.3 Å². The first-order valence-electron chi connectivity index (χ1n) is 15.3. The van der Waals surface area contributed by atoms with Crippen LogP contribution in [0.2, 0.25) is 0 Å². The van der Waals surface area contributed by atoms with Crippen LogP contribution in [0.15, 0.2) is 148 Å². The Morgan fingerprint density at radius 2 is 0.978 bits per heavy atom. The summed E-state index contributed by atoms with van der Waals surface area (Å²) in [7, 11) is 0. The molecule has 0 aliphatic rings. The molecule has 0 saturated heterocycles. The first-order chi connectivity index (χ1) is 22.8. The van der Waals surface area contributed by atoms with Crippen LogP contribution in [0.3, 0.4) is 0 Å². The van der Waals surface area contributed by atoms with Crippen molar-refractivity contribution >= 4 is 65.4 Å². The molecule has 10 aromatic rings. The number of hydrogen-bond acceptors (Lipinski definition) is 5. The smallest absolute Gasteiger partial charge is 0.164 e. The van der Waals surface area contributed by atoms with E-state index in [1.165, 1.54) is 0 Å². The number of rotatable bonds is 3. The normalized spacial score (nSPS) is 11.9. The summed E-state index contributed by atoms with van der Waals surface area (Å²) in [5.41, 5.74) is 6.17. The molecule has 0 atom stereocenters. The van der Waals surface area contributed by atoms with Crippen LogP contribution in [-0.4, -0.2) is 15.0 Å². The van der Waals surface area contributed by atoms with Gasteiger partial charge in [0.15, 0.2) is 17.5 Å². The Bertz CT molecular complexity index is 2810. The van der Waals surface area contributed by atoms with Gasteiger partial charge in [0.25, 0.3) is 0 Å². The second-order valence-electron chi connectivity index (χ2n) is 11.6. The maximum atomic E-state index is 6.21. The summed E-state index contributed by atoms with van der Waals surface area (Å²) in [4.78, 5) is 15.2. The monoisotopic (exact) mass is 589 g/mol. The molecule has 0 bridgehead atoms. The van der Waals surface area contributed by atoms with Gasteiger partial charge in [0.2, 0.25) is 0 Å². The molecule has 3 aromatic heterocycles. The van der Waals surface area contributed by atoms with E-state index in [9.17, 15) is 0 Å². The Morgan fingerprint density at radius 3 is 1.85 bits per heavy atom. The van der Waals surface area contributed by atoms with Crippen molar-refractivity contribution in [2.24, 2.45) is 0 Å². The number of para-hydroxylation sites is 2. The van der Waals surface area contributed by atoms with Gasteiger partial charge < -0.3 is 8.83 Å². The van der Waals surface area contributed by atoms with Crippen LogP contribution in [-0.2, 0) is 0 Å². The minimum absolute atomic E-state index is 0.602. The molecule has 46 heavy (non-hydrogen) atoms. The molecule has 0 unspecified atom stereocenters. The second-order valence-corrected chi connectivity index (χ2v) is 11.6. The second kappa shape index (κ2) is 9.58. The van der Waals surface area contributed by atoms with Gasteiger partial charge in [-0.3, -0.25) is 0 Å². The van der Waals surface area contributed by atoms with Crippen molar-refractivity contribution in [1.82, 2.24) is 15.0 Å². The Hall–Kier alpha value is -6.33. The van der Waals surface area contributed by atoms with Crippen molar-refractivity contribution in [1.29, 1.82) is 0 Å². The van der Waals surface area contributed by atoms with Gasteiger partial charge in [0.05, 0.1) is 0 Å². The summed E-state index contributed by atoms with van der Waals surface area (Å²) < 4.78 is 12.4. The summed E-state index contributed by atoms with van der Waals surface area (Å²) >= 11 is 0. The Labute approximate surface area is 262 Å². The highest BCUT2D eigenvalue weighted by Gasteiger charge is 2.18. The van der Waals surface area contributed by atoms with Crippen LogP contribution in [0.1, 0.15) is 0 Å². The van der Waals surface area contributed by atoms with Crippen LogP contribution in [0.4, 0.5) is 0 Å². The third-order valence-electron chi connectivity index (χ3n) is 8.90. The molecule has 5 heteroatoms. The molecule has 0 N–H and O–H groups in total. The van der Waals surface area contributed by atoms with Gasteiger partial charge in [-0.25, -0.2) is 15.0 Å². The predicted octanol–water partition coefficient (Wildman–Crippen LogP) is 11.0. The lowest BCUT2D eigenvalue weighted by molar-refractivity contribution is 0.669. The SMILES string of the molecule is c1ccc(-c2nc(-c3ccc4ccc5cc6oc7ccccc7c6cc5c4c3)nc(-c3cccc4oc5ccccc5c34)n2)cc1. The van der Waals surface area contributed by atoms with Crippen LogP contribution < -0.4 is 0 Å². The van der Waals surface area contributed by atoms with Crippen molar-refractivity contribution in [3.05, 3.63) is 140 Å². The van der Waals surface area contributed by atoms with Crippen LogP contribution >= 0.6 is 0 Å². The maximum Gasteiger partial charge on any atom is 0.164 e. The first kappa shape index (κ1) is 25.0. The summed E-state index contributed by atoms with van der Waals surface area (Å²) in [6.07, 6.45) is 0. The molecule has 0 aliphatic heterocycles. The zero-order valence-electron chi connectivity index (χ0n) is 24.4. The highest BCUT2D eigenvalue weighted by Crippen LogP contribution is 2.38. The lowest BCUT2D eigenvalue weighted by atomic mass is 9.98. The Kier molecular flexibility index (Phi) is 5.22. The molecular formula is C41H23N3O2. The van der Waals surface area contributed by atoms with Crippen molar-refractivity contribution in [2.75, 3.05) is 0 Å². The van der Waals surface area contributed by atoms with E-state index in [0.717, 1.165) is 82.1 Å². The fourth-order valence-corrected chi connectivity index (χ4v) is 6.71. The molecule has 0 fully saturated rings. The fourth-order valence-electron chi connectivity index (χ4n) is 6.71. The fraction of sp³-hybridized carbons (Fsp3) is 0. The van der Waals surface area contributed by atoms with E-state index < -0.39 is 0 Å². The minimum atomic E-state index is 0.602. The summed E-state index contributed by atoms with van der Waals surface area (Å²) in [6, 6.07) is 47.6. The highest BCUT2D eigenvalue weighted by molar-refractivity contribution is 6.17. The van der Waals surface area contributed by atoms with Crippen molar-refractivity contribution in [3.8, 4) is 34.2 Å². The summed E-state index contributed by atoms with van der Waals surface area (Å²) in [5.74, 6) is 1.84. The number of furan rings is 2. The van der Waals surface area contributed by atoms with E-state index in [0.29, 0.717) is 17.5 Å². The van der Waals surface area contributed by atoms with Crippen LogP contribution in [0.25, 0.3) is 99.6 Å². The number of aromatic nitrogens is 3. The number of fused-ring (bicyclic) bond motifs is 9. The quantitative estimate of drug-likeness (QED) is 0.192. The van der Waals surface area contributed by atoms with E-state index >= 15 is 0 Å². The maximum absolute atomic E-state index is 6.21. The third-order valence-corrected chi connectivity index (χ3v) is 8.90. The van der Waals surface area contributed by atoms with E-state index in [1.807, 2.05) is 72.8 Å². The van der Waals surface area contributed by atoms with E-state index in [1.54, 1.807) is 0 Å². The lowest BCUT2D eigenvalue weighted by Gasteiger charge is -2.11. The molecule has 0 spiro atoms. The number of nitrogens with zero attached hydrogens (tertiary/aromatic N) is 3. The van der Waals surface area contributed by atoms with Crippen molar-refractivity contribution in [2.45, 2.75) is 0 Å². The van der Waals surface area contributed by atoms with Crippen molar-refractivity contribution < 1.29 is 8.83 Å². The summed E-state index contributed by atoms with van der Waals surface area (Å²) in [5, 5.41) is 8.81. The Balaban J connectivity index is 1.23. The topological polar surface area (TPSA) is 65.0 Å². The molecule has 10 rings (SSSR count). The molecule has 5 nitrogen and oxygen atoms in total. The lowest BCUT2D eigenvalue weighted by Crippen LogP contribution is -2.00. The van der Waals surface area contributed by atoms with Crippen LogP contribution in [0.5, 0.6) is 0 Å². The van der Waals surface area contributed by atoms with Gasteiger partial charge in [-0.1, -0.05) is 103 Å². The molecule has 214 valence electrons. The molecule has 7 aromatic carbocycles. The van der Waals surface area contributed by atoms with Gasteiger partial charge in [-0.05, 0) is 57.9 Å². The van der Waals surface area contributed by atoms with E-state index in [4.69, 9.17) is 23.8 Å². The predicted molar refractivity (Wildman–Crippen MR) is 186 cm³/mol. The van der Waals surface area contributed by atoms with E-state index in [2.05, 4.69) is 66.7 Å². The molecule has 0 saturated carbocycles. The largest absolute Gasteiger partial charge is 0.456 e. The van der Waals surface area contributed by atoms with Crippen LogP contribution in [0, 0.1) is 0 Å². The number of hydrogen-bond donors (Lipinski definition) is 0. The zero-order chi connectivity index (χ0) is 30.2. The summed E-state index contributed by atoms with van der Waals surface area (Å²) in [6.45, 7) is 0. The van der Waals surface area contributed by atoms with Gasteiger partial charge in [0, 0.05) is 38.2 Å². The first-order valence-corrected chi connectivity index (χ1v) is 15.3. The zero-order valence-corrected chi connectivity index (χ0v) is 24.4.